The lowest BCUT2D eigenvalue weighted by Crippen LogP contribution is -2.28. The fourth-order valence-corrected chi connectivity index (χ4v) is 2.25. The number of para-hydroxylation sites is 1. The summed E-state index contributed by atoms with van der Waals surface area (Å²) in [6.07, 6.45) is -0.568. The first-order valence-electron chi connectivity index (χ1n) is 6.41. The molecule has 1 aromatic carbocycles. The Morgan fingerprint density at radius 3 is 2.61 bits per heavy atom. The molecule has 3 nitrogen and oxygen atoms in total. The van der Waals surface area contributed by atoms with Crippen LogP contribution in [0.25, 0.3) is 11.0 Å². The van der Waals surface area contributed by atoms with Crippen molar-refractivity contribution in [2.75, 3.05) is 20.1 Å². The minimum atomic E-state index is -0.568. The Hall–Kier alpha value is -1.32. The van der Waals surface area contributed by atoms with Crippen molar-refractivity contribution in [1.29, 1.82) is 0 Å². The molecule has 2 rings (SSSR count). The van der Waals surface area contributed by atoms with Crippen molar-refractivity contribution in [2.45, 2.75) is 20.0 Å². The van der Waals surface area contributed by atoms with Crippen molar-refractivity contribution in [3.8, 4) is 0 Å². The Bertz CT molecular complexity index is 471. The predicted molar refractivity (Wildman–Crippen MR) is 73.5 cm³/mol. The second kappa shape index (κ2) is 5.55. The Balaban J connectivity index is 2.06. The standard InChI is InChI=1S/C15H21NO2/c1-11(2)9-16(3)10-13(17)15-8-12-6-4-5-7-14(12)18-15/h4-8,11,13,17H,9-10H2,1-3H3. The minimum Gasteiger partial charge on any atom is -0.458 e. The van der Waals surface area contributed by atoms with E-state index in [1.54, 1.807) is 0 Å². The van der Waals surface area contributed by atoms with Gasteiger partial charge >= 0.3 is 0 Å². The highest BCUT2D eigenvalue weighted by Gasteiger charge is 2.15. The number of hydrogen-bond donors (Lipinski definition) is 1. The average molecular weight is 247 g/mol. The lowest BCUT2D eigenvalue weighted by Gasteiger charge is -2.21. The van der Waals surface area contributed by atoms with Crippen LogP contribution >= 0.6 is 0 Å². The van der Waals surface area contributed by atoms with Gasteiger partial charge in [0, 0.05) is 18.5 Å². The third-order valence-corrected chi connectivity index (χ3v) is 2.93. The number of furan rings is 1. The topological polar surface area (TPSA) is 36.6 Å². The number of benzene rings is 1. The molecule has 0 saturated carbocycles. The smallest absolute Gasteiger partial charge is 0.135 e. The van der Waals surface area contributed by atoms with Gasteiger partial charge in [0.2, 0.25) is 0 Å². The van der Waals surface area contributed by atoms with Gasteiger partial charge in [-0.1, -0.05) is 32.0 Å². The molecule has 3 heteroatoms. The van der Waals surface area contributed by atoms with Crippen molar-refractivity contribution < 1.29 is 9.52 Å². The molecule has 1 aromatic heterocycles. The van der Waals surface area contributed by atoms with Crippen LogP contribution in [-0.4, -0.2) is 30.1 Å². The maximum Gasteiger partial charge on any atom is 0.135 e. The average Bonchev–Trinajstić information content (AvgIpc) is 2.71. The maximum absolute atomic E-state index is 10.2. The number of likely N-dealkylation sites (N-methyl/N-ethyl adjacent to an activating group) is 1. The van der Waals surface area contributed by atoms with E-state index in [2.05, 4.69) is 18.7 Å². The normalized spacial score (nSPS) is 13.7. The molecule has 0 aliphatic carbocycles. The third kappa shape index (κ3) is 3.12. The summed E-state index contributed by atoms with van der Waals surface area (Å²) in [5.74, 6) is 1.24. The maximum atomic E-state index is 10.2. The zero-order valence-electron chi connectivity index (χ0n) is 11.3. The summed E-state index contributed by atoms with van der Waals surface area (Å²) >= 11 is 0. The molecule has 0 saturated heterocycles. The lowest BCUT2D eigenvalue weighted by molar-refractivity contribution is 0.103. The van der Waals surface area contributed by atoms with Gasteiger partial charge in [-0.05, 0) is 25.1 Å². The summed E-state index contributed by atoms with van der Waals surface area (Å²) in [7, 11) is 2.02. The largest absolute Gasteiger partial charge is 0.458 e. The van der Waals surface area contributed by atoms with Gasteiger partial charge in [0.05, 0.1) is 0 Å². The summed E-state index contributed by atoms with van der Waals surface area (Å²) in [6.45, 7) is 5.91. The van der Waals surface area contributed by atoms with E-state index in [9.17, 15) is 5.11 Å². The fraction of sp³-hybridized carbons (Fsp3) is 0.467. The molecule has 1 N–H and O–H groups in total. The quantitative estimate of drug-likeness (QED) is 0.882. The summed E-state index contributed by atoms with van der Waals surface area (Å²) in [4.78, 5) is 2.13. The number of aliphatic hydroxyl groups is 1. The van der Waals surface area contributed by atoms with Gasteiger partial charge in [-0.2, -0.15) is 0 Å². The van der Waals surface area contributed by atoms with Crippen molar-refractivity contribution in [3.63, 3.8) is 0 Å². The molecule has 0 aliphatic heterocycles. The Kier molecular flexibility index (Phi) is 4.04. The van der Waals surface area contributed by atoms with E-state index in [1.165, 1.54) is 0 Å². The van der Waals surface area contributed by atoms with Gasteiger partial charge in [0.1, 0.15) is 17.4 Å². The van der Waals surface area contributed by atoms with Crippen LogP contribution in [0, 0.1) is 5.92 Å². The molecule has 0 aliphatic rings. The van der Waals surface area contributed by atoms with Crippen LogP contribution in [0.3, 0.4) is 0 Å². The van der Waals surface area contributed by atoms with Crippen molar-refractivity contribution in [3.05, 3.63) is 36.1 Å². The van der Waals surface area contributed by atoms with Crippen molar-refractivity contribution in [2.24, 2.45) is 5.92 Å². The van der Waals surface area contributed by atoms with Gasteiger partial charge in [0.25, 0.3) is 0 Å². The first-order chi connectivity index (χ1) is 8.56. The number of rotatable bonds is 5. The Morgan fingerprint density at radius 1 is 1.22 bits per heavy atom. The molecule has 0 spiro atoms. The molecule has 2 aromatic rings. The van der Waals surface area contributed by atoms with E-state index in [0.717, 1.165) is 17.5 Å². The summed E-state index contributed by atoms with van der Waals surface area (Å²) in [5.41, 5.74) is 0.832. The van der Waals surface area contributed by atoms with Gasteiger partial charge in [0.15, 0.2) is 0 Å². The van der Waals surface area contributed by atoms with Crippen LogP contribution in [0.4, 0.5) is 0 Å². The first kappa shape index (κ1) is 13.1. The second-order valence-electron chi connectivity index (χ2n) is 5.32. The van der Waals surface area contributed by atoms with E-state index in [-0.39, 0.29) is 0 Å². The predicted octanol–water partition coefficient (Wildman–Crippen LogP) is 3.05. The Labute approximate surface area is 108 Å². The molecule has 0 radical (unpaired) electrons. The summed E-state index contributed by atoms with van der Waals surface area (Å²) in [6, 6.07) is 9.74. The highest BCUT2D eigenvalue weighted by molar-refractivity contribution is 5.77. The monoisotopic (exact) mass is 247 g/mol. The van der Waals surface area contributed by atoms with E-state index >= 15 is 0 Å². The second-order valence-corrected chi connectivity index (χ2v) is 5.32. The third-order valence-electron chi connectivity index (χ3n) is 2.93. The SMILES string of the molecule is CC(C)CN(C)CC(O)c1cc2ccccc2o1. The molecular weight excluding hydrogens is 226 g/mol. The van der Waals surface area contributed by atoms with Gasteiger partial charge in [-0.15, -0.1) is 0 Å². The molecule has 1 unspecified atom stereocenters. The number of hydrogen-bond acceptors (Lipinski definition) is 3. The van der Waals surface area contributed by atoms with Crippen molar-refractivity contribution in [1.82, 2.24) is 4.90 Å². The van der Waals surface area contributed by atoms with Crippen LogP contribution in [0.5, 0.6) is 0 Å². The molecule has 18 heavy (non-hydrogen) atoms. The summed E-state index contributed by atoms with van der Waals surface area (Å²) < 4.78 is 5.66. The van der Waals surface area contributed by atoms with Gasteiger partial charge in [-0.25, -0.2) is 0 Å². The molecule has 1 heterocycles. The number of fused-ring (bicyclic) bond motifs is 1. The zero-order valence-corrected chi connectivity index (χ0v) is 11.3. The van der Waals surface area contributed by atoms with E-state index in [0.29, 0.717) is 18.2 Å². The lowest BCUT2D eigenvalue weighted by atomic mass is 10.2. The Morgan fingerprint density at radius 2 is 1.94 bits per heavy atom. The van der Waals surface area contributed by atoms with E-state index in [1.807, 2.05) is 37.4 Å². The number of aliphatic hydroxyl groups excluding tert-OH is 1. The van der Waals surface area contributed by atoms with Gasteiger partial charge in [-0.3, -0.25) is 0 Å². The minimum absolute atomic E-state index is 0.568. The zero-order chi connectivity index (χ0) is 13.1. The molecule has 0 fully saturated rings. The molecular formula is C15H21NO2. The van der Waals surface area contributed by atoms with Crippen molar-refractivity contribution >= 4 is 11.0 Å². The summed E-state index contributed by atoms with van der Waals surface area (Å²) in [5, 5.41) is 11.2. The molecule has 0 amide bonds. The van der Waals surface area contributed by atoms with Crippen LogP contribution in [0.15, 0.2) is 34.7 Å². The first-order valence-corrected chi connectivity index (χ1v) is 6.41. The highest BCUT2D eigenvalue weighted by Crippen LogP contribution is 2.24. The van der Waals surface area contributed by atoms with Crippen LogP contribution in [-0.2, 0) is 0 Å². The van der Waals surface area contributed by atoms with Crippen LogP contribution < -0.4 is 0 Å². The molecule has 0 bridgehead atoms. The van der Waals surface area contributed by atoms with E-state index in [4.69, 9.17) is 4.42 Å². The van der Waals surface area contributed by atoms with Crippen LogP contribution in [0.1, 0.15) is 25.7 Å². The number of nitrogens with zero attached hydrogens (tertiary/aromatic N) is 1. The molecule has 1 atom stereocenters. The molecule has 98 valence electrons. The highest BCUT2D eigenvalue weighted by atomic mass is 16.4. The van der Waals surface area contributed by atoms with Crippen LogP contribution in [0.2, 0.25) is 0 Å². The van der Waals surface area contributed by atoms with E-state index < -0.39 is 6.10 Å². The van der Waals surface area contributed by atoms with Gasteiger partial charge < -0.3 is 14.4 Å². The fourth-order valence-electron chi connectivity index (χ4n) is 2.25.